The molecule has 0 aromatic carbocycles. The molecule has 0 unspecified atom stereocenters. The minimum atomic E-state index is -0.0564. The predicted octanol–water partition coefficient (Wildman–Crippen LogP) is 1.78. The highest BCUT2D eigenvalue weighted by atomic mass is 35.5. The van der Waals surface area contributed by atoms with Crippen molar-refractivity contribution in [2.45, 2.75) is 26.4 Å². The van der Waals surface area contributed by atoms with Gasteiger partial charge in [-0.25, -0.2) is 4.79 Å². The zero-order valence-corrected chi connectivity index (χ0v) is 10.5. The molecule has 0 aliphatic heterocycles. The average molecular weight is 259 g/mol. The van der Waals surface area contributed by atoms with E-state index >= 15 is 0 Å². The molecule has 16 heavy (non-hydrogen) atoms. The Morgan fingerprint density at radius 1 is 1.50 bits per heavy atom. The first-order chi connectivity index (χ1) is 7.59. The highest BCUT2D eigenvalue weighted by Gasteiger charge is 2.10. The molecule has 7 heteroatoms. The Hall–Kier alpha value is -1.14. The van der Waals surface area contributed by atoms with E-state index in [2.05, 4.69) is 9.59 Å². The van der Waals surface area contributed by atoms with Gasteiger partial charge in [0.2, 0.25) is 0 Å². The van der Waals surface area contributed by atoms with Gasteiger partial charge in [0, 0.05) is 30.0 Å². The molecule has 86 valence electrons. The van der Waals surface area contributed by atoms with Crippen LogP contribution in [-0.2, 0) is 6.54 Å². The van der Waals surface area contributed by atoms with Crippen molar-refractivity contribution in [2.24, 2.45) is 0 Å². The summed E-state index contributed by atoms with van der Waals surface area (Å²) in [6.07, 6.45) is 3.50. The van der Waals surface area contributed by atoms with Crippen molar-refractivity contribution >= 4 is 23.1 Å². The van der Waals surface area contributed by atoms with Crippen LogP contribution in [0.2, 0.25) is 4.34 Å². The summed E-state index contributed by atoms with van der Waals surface area (Å²) in [5, 5.41) is 3.87. The molecule has 0 spiro atoms. The Labute approximate surface area is 101 Å². The first-order valence-corrected chi connectivity index (χ1v) is 5.98. The third-order valence-electron chi connectivity index (χ3n) is 2.26. The second-order valence-electron chi connectivity index (χ2n) is 3.70. The standard InChI is InChI=1S/C9H11ClN4OS/c1-6(2)14-4-3-13(9(14)15)5-7-8(10)16-12-11-7/h3-4,6H,5H2,1-2H3. The van der Waals surface area contributed by atoms with E-state index in [0.29, 0.717) is 16.6 Å². The third kappa shape index (κ3) is 2.03. The van der Waals surface area contributed by atoms with Gasteiger partial charge in [-0.15, -0.1) is 5.10 Å². The van der Waals surface area contributed by atoms with Gasteiger partial charge in [-0.1, -0.05) is 16.1 Å². The van der Waals surface area contributed by atoms with Crippen LogP contribution in [0.5, 0.6) is 0 Å². The molecule has 2 aromatic rings. The van der Waals surface area contributed by atoms with Crippen LogP contribution in [0.15, 0.2) is 17.2 Å². The third-order valence-corrected chi connectivity index (χ3v) is 3.24. The minimum absolute atomic E-state index is 0.0564. The van der Waals surface area contributed by atoms with E-state index in [9.17, 15) is 4.79 Å². The molecule has 0 radical (unpaired) electrons. The van der Waals surface area contributed by atoms with E-state index in [1.807, 2.05) is 13.8 Å². The van der Waals surface area contributed by atoms with Crippen molar-refractivity contribution in [3.05, 3.63) is 32.9 Å². The van der Waals surface area contributed by atoms with Crippen molar-refractivity contribution in [1.82, 2.24) is 18.7 Å². The summed E-state index contributed by atoms with van der Waals surface area (Å²) in [5.74, 6) is 0. The van der Waals surface area contributed by atoms with Crippen molar-refractivity contribution < 1.29 is 0 Å². The maximum Gasteiger partial charge on any atom is 0.328 e. The molecule has 0 amide bonds. The Morgan fingerprint density at radius 3 is 2.75 bits per heavy atom. The quantitative estimate of drug-likeness (QED) is 0.843. The summed E-state index contributed by atoms with van der Waals surface area (Å²) in [4.78, 5) is 11.9. The molecular formula is C9H11ClN4OS. The molecule has 0 N–H and O–H groups in total. The number of hydrogen-bond acceptors (Lipinski definition) is 4. The number of nitrogens with zero attached hydrogens (tertiary/aromatic N) is 4. The number of aromatic nitrogens is 4. The molecule has 2 aromatic heterocycles. The van der Waals surface area contributed by atoms with E-state index < -0.39 is 0 Å². The van der Waals surface area contributed by atoms with E-state index in [0.717, 1.165) is 11.5 Å². The van der Waals surface area contributed by atoms with Gasteiger partial charge >= 0.3 is 5.69 Å². The molecule has 0 bridgehead atoms. The van der Waals surface area contributed by atoms with E-state index in [1.54, 1.807) is 21.5 Å². The molecule has 5 nitrogen and oxygen atoms in total. The van der Waals surface area contributed by atoms with Crippen LogP contribution in [0.4, 0.5) is 0 Å². The summed E-state index contributed by atoms with van der Waals surface area (Å²) in [7, 11) is 0. The van der Waals surface area contributed by atoms with Crippen LogP contribution in [-0.4, -0.2) is 18.7 Å². The summed E-state index contributed by atoms with van der Waals surface area (Å²) < 4.78 is 7.49. The summed E-state index contributed by atoms with van der Waals surface area (Å²) in [6, 6.07) is 0.151. The highest BCUT2D eigenvalue weighted by molar-refractivity contribution is 7.10. The fourth-order valence-electron chi connectivity index (χ4n) is 1.39. The van der Waals surface area contributed by atoms with Gasteiger partial charge < -0.3 is 0 Å². The zero-order valence-electron chi connectivity index (χ0n) is 8.92. The molecule has 0 atom stereocenters. The van der Waals surface area contributed by atoms with Gasteiger partial charge in [0.1, 0.15) is 10.0 Å². The minimum Gasteiger partial charge on any atom is -0.297 e. The van der Waals surface area contributed by atoms with Gasteiger partial charge in [-0.05, 0) is 13.8 Å². The van der Waals surface area contributed by atoms with Gasteiger partial charge in [-0.2, -0.15) is 0 Å². The fourth-order valence-corrected chi connectivity index (χ4v) is 2.01. The molecule has 0 fully saturated rings. The molecule has 2 rings (SSSR count). The lowest BCUT2D eigenvalue weighted by Crippen LogP contribution is -2.25. The van der Waals surface area contributed by atoms with Crippen molar-refractivity contribution in [3.63, 3.8) is 0 Å². The SMILES string of the molecule is CC(C)n1ccn(Cc2nnsc2Cl)c1=O. The zero-order chi connectivity index (χ0) is 11.7. The van der Waals surface area contributed by atoms with Gasteiger partial charge in [-0.3, -0.25) is 9.13 Å². The van der Waals surface area contributed by atoms with Crippen LogP contribution >= 0.6 is 23.1 Å². The molecule has 0 aliphatic carbocycles. The molecule has 2 heterocycles. The van der Waals surface area contributed by atoms with Gasteiger partial charge in [0.15, 0.2) is 0 Å². The Morgan fingerprint density at radius 2 is 2.25 bits per heavy atom. The Kier molecular flexibility index (Phi) is 3.11. The largest absolute Gasteiger partial charge is 0.328 e. The van der Waals surface area contributed by atoms with Crippen LogP contribution in [0.25, 0.3) is 0 Å². The monoisotopic (exact) mass is 258 g/mol. The van der Waals surface area contributed by atoms with Crippen LogP contribution in [0.1, 0.15) is 25.6 Å². The molecular weight excluding hydrogens is 248 g/mol. The maximum absolute atomic E-state index is 11.9. The first-order valence-electron chi connectivity index (χ1n) is 4.83. The average Bonchev–Trinajstić information content (AvgIpc) is 2.76. The predicted molar refractivity (Wildman–Crippen MR) is 63.1 cm³/mol. The summed E-state index contributed by atoms with van der Waals surface area (Å²) in [5.41, 5.74) is 0.578. The van der Waals surface area contributed by atoms with Crippen molar-refractivity contribution in [3.8, 4) is 0 Å². The summed E-state index contributed by atoms with van der Waals surface area (Å²) >= 11 is 7.01. The number of imidazole rings is 1. The van der Waals surface area contributed by atoms with Gasteiger partial charge in [0.25, 0.3) is 0 Å². The number of rotatable bonds is 3. The Balaban J connectivity index is 2.30. The van der Waals surface area contributed by atoms with Crippen molar-refractivity contribution in [1.29, 1.82) is 0 Å². The lowest BCUT2D eigenvalue weighted by atomic mass is 10.4. The fraction of sp³-hybridized carbons (Fsp3) is 0.444. The van der Waals surface area contributed by atoms with Gasteiger partial charge in [0.05, 0.1) is 6.54 Å². The maximum atomic E-state index is 11.9. The number of hydrogen-bond donors (Lipinski definition) is 0. The smallest absolute Gasteiger partial charge is 0.297 e. The topological polar surface area (TPSA) is 52.7 Å². The molecule has 0 saturated heterocycles. The van der Waals surface area contributed by atoms with E-state index in [-0.39, 0.29) is 11.7 Å². The van der Waals surface area contributed by atoms with E-state index in [1.165, 1.54) is 0 Å². The lowest BCUT2D eigenvalue weighted by molar-refractivity contribution is 0.559. The van der Waals surface area contributed by atoms with Crippen molar-refractivity contribution in [2.75, 3.05) is 0 Å². The second kappa shape index (κ2) is 4.39. The molecule has 0 saturated carbocycles. The Bertz CT molecular complexity index is 542. The van der Waals surface area contributed by atoms with Crippen LogP contribution in [0, 0.1) is 0 Å². The van der Waals surface area contributed by atoms with E-state index in [4.69, 9.17) is 11.6 Å². The second-order valence-corrected chi connectivity index (χ2v) is 5.06. The summed E-state index contributed by atoms with van der Waals surface area (Å²) in [6.45, 7) is 4.29. The first kappa shape index (κ1) is 11.3. The van der Waals surface area contributed by atoms with Crippen LogP contribution in [0.3, 0.4) is 0 Å². The lowest BCUT2D eigenvalue weighted by Gasteiger charge is -2.04. The normalized spacial score (nSPS) is 11.2. The van der Waals surface area contributed by atoms with Crippen LogP contribution < -0.4 is 5.69 Å². The molecule has 0 aliphatic rings. The highest BCUT2D eigenvalue weighted by Crippen LogP contribution is 2.17. The number of halogens is 1.